The maximum atomic E-state index is 13.7. The van der Waals surface area contributed by atoms with Gasteiger partial charge in [-0.05, 0) is 47.9 Å². The molecule has 1 N–H and O–H groups in total. The summed E-state index contributed by atoms with van der Waals surface area (Å²) in [7, 11) is 1.97. The second-order valence-corrected chi connectivity index (χ2v) is 8.53. The molecule has 1 saturated heterocycles. The maximum absolute atomic E-state index is 13.7. The summed E-state index contributed by atoms with van der Waals surface area (Å²) in [6, 6.07) is 12.1. The number of halogens is 1. The molecule has 7 heteroatoms. The van der Waals surface area contributed by atoms with Crippen LogP contribution >= 0.6 is 0 Å². The first kappa shape index (κ1) is 20.4. The Kier molecular flexibility index (Phi) is 5.46. The zero-order valence-electron chi connectivity index (χ0n) is 18.0. The first-order valence-corrected chi connectivity index (χ1v) is 10.8. The number of likely N-dealkylation sites (tertiary alicyclic amines) is 1. The molecular weight excluding hydrogens is 403 g/mol. The van der Waals surface area contributed by atoms with Crippen LogP contribution in [-0.2, 0) is 6.54 Å². The molecule has 0 bridgehead atoms. The lowest BCUT2D eigenvalue weighted by atomic mass is 9.97. The lowest BCUT2D eigenvalue weighted by molar-refractivity contribution is 0.282. The summed E-state index contributed by atoms with van der Waals surface area (Å²) in [6.07, 6.45) is 9.12. The van der Waals surface area contributed by atoms with E-state index in [9.17, 15) is 4.39 Å². The Labute approximate surface area is 187 Å². The molecule has 0 radical (unpaired) electrons. The van der Waals surface area contributed by atoms with Crippen LogP contribution in [0, 0.1) is 12.3 Å². The van der Waals surface area contributed by atoms with E-state index in [2.05, 4.69) is 49.4 Å². The summed E-state index contributed by atoms with van der Waals surface area (Å²) in [4.78, 5) is 11.3. The number of likely N-dealkylation sites (N-methyl/N-ethyl adjacent to an activating group) is 1. The average Bonchev–Trinajstić information content (AvgIpc) is 3.41. The van der Waals surface area contributed by atoms with Crippen molar-refractivity contribution in [2.75, 3.05) is 32.0 Å². The van der Waals surface area contributed by atoms with Crippen LogP contribution in [0.5, 0.6) is 0 Å². The van der Waals surface area contributed by atoms with E-state index in [1.807, 2.05) is 36.5 Å². The molecule has 1 unspecified atom stereocenters. The minimum Gasteiger partial charge on any atom is -0.324 e. The van der Waals surface area contributed by atoms with Crippen molar-refractivity contribution < 1.29 is 4.39 Å². The van der Waals surface area contributed by atoms with Gasteiger partial charge in [0, 0.05) is 68.2 Å². The first-order chi connectivity index (χ1) is 15.6. The smallest absolute Gasteiger partial charge is 0.227 e. The molecule has 2 aliphatic heterocycles. The third-order valence-corrected chi connectivity index (χ3v) is 5.97. The van der Waals surface area contributed by atoms with Crippen molar-refractivity contribution >= 4 is 28.8 Å². The summed E-state index contributed by atoms with van der Waals surface area (Å²) in [5.74, 6) is 3.38. The fraction of sp³-hybridized carbons (Fsp3) is 0.320. The van der Waals surface area contributed by atoms with Crippen molar-refractivity contribution in [1.82, 2.24) is 19.9 Å². The molecule has 0 spiro atoms. The summed E-state index contributed by atoms with van der Waals surface area (Å²) in [5.41, 5.74) is 4.86. The number of hydrogen-bond donors (Lipinski definition) is 1. The van der Waals surface area contributed by atoms with Crippen LogP contribution in [0.1, 0.15) is 29.0 Å². The van der Waals surface area contributed by atoms with Crippen LogP contribution in [0.25, 0.3) is 10.9 Å². The number of terminal acetylenes is 1. The third kappa shape index (κ3) is 4.41. The molecule has 3 aromatic rings. The van der Waals surface area contributed by atoms with Crippen LogP contribution in [-0.4, -0.2) is 58.9 Å². The molecule has 6 nitrogen and oxygen atoms in total. The summed E-state index contributed by atoms with van der Waals surface area (Å²) in [5, 5.41) is 10.6. The van der Waals surface area contributed by atoms with Crippen molar-refractivity contribution in [1.29, 1.82) is 0 Å². The number of hydrazone groups is 1. The highest BCUT2D eigenvalue weighted by atomic mass is 19.1. The first-order valence-electron chi connectivity index (χ1n) is 10.8. The number of rotatable bonds is 5. The molecule has 0 aliphatic carbocycles. The molecule has 162 valence electrons. The molecule has 2 aromatic carbocycles. The Morgan fingerprint density at radius 2 is 2.12 bits per heavy atom. The van der Waals surface area contributed by atoms with E-state index in [1.54, 1.807) is 6.20 Å². The van der Waals surface area contributed by atoms with Gasteiger partial charge < -0.3 is 5.32 Å². The highest BCUT2D eigenvalue weighted by Crippen LogP contribution is 2.28. The highest BCUT2D eigenvalue weighted by Gasteiger charge is 2.23. The largest absolute Gasteiger partial charge is 0.324 e. The zero-order chi connectivity index (χ0) is 22.1. The molecule has 2 aliphatic rings. The molecule has 32 heavy (non-hydrogen) atoms. The Balaban J connectivity index is 1.44. The van der Waals surface area contributed by atoms with Crippen molar-refractivity contribution in [3.8, 4) is 12.3 Å². The standard InChI is InChI=1S/C25H25FN6/c1-3-17-4-5-24-20(8-17)12-27-25(30-24)29-23-10-18(14-32-7-6-22(26)16-32)9-19(11-23)21-13-28-31(2)15-21/h1,4-5,8-13,21-22H,6-7,14-16H2,2H3,(H,27,29,30)/t21?,22-/m0/s1. The zero-order valence-corrected chi connectivity index (χ0v) is 18.0. The molecule has 0 amide bonds. The van der Waals surface area contributed by atoms with E-state index in [0.29, 0.717) is 18.9 Å². The van der Waals surface area contributed by atoms with Gasteiger partial charge in [-0.3, -0.25) is 9.91 Å². The quantitative estimate of drug-likeness (QED) is 0.625. The molecule has 3 heterocycles. The molecular formula is C25H25FN6. The second-order valence-electron chi connectivity index (χ2n) is 8.53. The Bertz CT molecular complexity index is 1220. The number of aromatic nitrogens is 2. The molecule has 1 aromatic heterocycles. The summed E-state index contributed by atoms with van der Waals surface area (Å²) in [6.45, 7) is 2.84. The van der Waals surface area contributed by atoms with E-state index < -0.39 is 6.17 Å². The molecule has 2 atom stereocenters. The van der Waals surface area contributed by atoms with Crippen LogP contribution in [0.4, 0.5) is 16.0 Å². The van der Waals surface area contributed by atoms with E-state index in [0.717, 1.165) is 47.4 Å². The minimum atomic E-state index is -0.729. The van der Waals surface area contributed by atoms with Gasteiger partial charge in [-0.2, -0.15) is 5.10 Å². The van der Waals surface area contributed by atoms with Crippen LogP contribution in [0.2, 0.25) is 0 Å². The predicted molar refractivity (Wildman–Crippen MR) is 126 cm³/mol. The number of benzene rings is 2. The number of nitrogens with zero attached hydrogens (tertiary/aromatic N) is 5. The van der Waals surface area contributed by atoms with Crippen molar-refractivity contribution in [2.45, 2.75) is 25.1 Å². The van der Waals surface area contributed by atoms with Gasteiger partial charge in [-0.15, -0.1) is 6.42 Å². The van der Waals surface area contributed by atoms with Gasteiger partial charge in [0.2, 0.25) is 5.95 Å². The van der Waals surface area contributed by atoms with E-state index in [-0.39, 0.29) is 5.92 Å². The minimum absolute atomic E-state index is 0.215. The topological polar surface area (TPSA) is 56.7 Å². The normalized spacial score (nSPS) is 20.7. The van der Waals surface area contributed by atoms with Gasteiger partial charge in [-0.1, -0.05) is 12.0 Å². The number of alkyl halides is 1. The fourth-order valence-electron chi connectivity index (χ4n) is 4.36. The molecule has 5 rings (SSSR count). The summed E-state index contributed by atoms with van der Waals surface area (Å²) < 4.78 is 13.7. The van der Waals surface area contributed by atoms with Gasteiger partial charge in [0.05, 0.1) is 5.52 Å². The van der Waals surface area contributed by atoms with E-state index in [4.69, 9.17) is 6.42 Å². The fourth-order valence-corrected chi connectivity index (χ4v) is 4.36. The van der Waals surface area contributed by atoms with Crippen molar-refractivity contribution in [3.63, 3.8) is 0 Å². The number of anilines is 2. The second kappa shape index (κ2) is 8.56. The van der Waals surface area contributed by atoms with Gasteiger partial charge >= 0.3 is 0 Å². The monoisotopic (exact) mass is 428 g/mol. The van der Waals surface area contributed by atoms with E-state index in [1.165, 1.54) is 5.56 Å². The Hall–Kier alpha value is -3.50. The van der Waals surface area contributed by atoms with E-state index >= 15 is 0 Å². The predicted octanol–water partition coefficient (Wildman–Crippen LogP) is 3.91. The van der Waals surface area contributed by atoms with Gasteiger partial charge in [-0.25, -0.2) is 14.4 Å². The summed E-state index contributed by atoms with van der Waals surface area (Å²) >= 11 is 0. The number of hydrogen-bond acceptors (Lipinski definition) is 6. The maximum Gasteiger partial charge on any atom is 0.227 e. The lowest BCUT2D eigenvalue weighted by Gasteiger charge is -2.18. The van der Waals surface area contributed by atoms with Crippen molar-refractivity contribution in [2.24, 2.45) is 5.10 Å². The highest BCUT2D eigenvalue weighted by molar-refractivity contribution is 5.80. The molecule has 0 saturated carbocycles. The van der Waals surface area contributed by atoms with Crippen molar-refractivity contribution in [3.05, 3.63) is 59.3 Å². The average molecular weight is 429 g/mol. The molecule has 1 fully saturated rings. The van der Waals surface area contributed by atoms with Gasteiger partial charge in [0.1, 0.15) is 6.17 Å². The van der Waals surface area contributed by atoms with Crippen LogP contribution in [0.3, 0.4) is 0 Å². The number of nitrogens with one attached hydrogen (secondary N) is 1. The lowest BCUT2D eigenvalue weighted by Crippen LogP contribution is -2.21. The van der Waals surface area contributed by atoms with Crippen LogP contribution < -0.4 is 5.32 Å². The van der Waals surface area contributed by atoms with Crippen LogP contribution in [0.15, 0.2) is 47.7 Å². The number of fused-ring (bicyclic) bond motifs is 1. The SMILES string of the molecule is C#Cc1ccc2nc(Nc3cc(CN4CC[C@H](F)C4)cc(C4C=NN(C)C4)c3)ncc2c1. The Morgan fingerprint density at radius 3 is 2.88 bits per heavy atom. The van der Waals surface area contributed by atoms with Gasteiger partial charge in [0.25, 0.3) is 0 Å². The Morgan fingerprint density at radius 1 is 1.22 bits per heavy atom. The third-order valence-electron chi connectivity index (χ3n) is 5.97. The van der Waals surface area contributed by atoms with Gasteiger partial charge in [0.15, 0.2) is 0 Å².